The van der Waals surface area contributed by atoms with Gasteiger partial charge in [0.25, 0.3) is 11.9 Å². The monoisotopic (exact) mass is 229 g/mol. The molecule has 0 fully saturated rings. The summed E-state index contributed by atoms with van der Waals surface area (Å²) in [5.74, 6) is -1.74. The first kappa shape index (κ1) is 12.2. The summed E-state index contributed by atoms with van der Waals surface area (Å²) in [4.78, 5) is 23.4. The zero-order valence-electron chi connectivity index (χ0n) is 8.92. The fourth-order valence-electron chi connectivity index (χ4n) is 1.07. The van der Waals surface area contributed by atoms with Crippen molar-refractivity contribution < 1.29 is 14.3 Å². The van der Waals surface area contributed by atoms with Crippen LogP contribution in [0.2, 0.25) is 0 Å². The van der Waals surface area contributed by atoms with Crippen LogP contribution in [0, 0.1) is 0 Å². The van der Waals surface area contributed by atoms with E-state index in [4.69, 9.17) is 5.11 Å². The lowest BCUT2D eigenvalue weighted by Gasteiger charge is -2.16. The van der Waals surface area contributed by atoms with Gasteiger partial charge in [-0.25, -0.2) is 9.18 Å². The van der Waals surface area contributed by atoms with Crippen molar-refractivity contribution in [2.45, 2.75) is 13.2 Å². The van der Waals surface area contributed by atoms with Crippen LogP contribution in [-0.4, -0.2) is 34.4 Å². The van der Waals surface area contributed by atoms with E-state index in [1.165, 1.54) is 6.20 Å². The van der Waals surface area contributed by atoms with Gasteiger partial charge >= 0.3 is 5.97 Å². The van der Waals surface area contributed by atoms with E-state index in [0.29, 0.717) is 12.2 Å². The summed E-state index contributed by atoms with van der Waals surface area (Å²) < 4.78 is 13.3. The number of aliphatic carboxylic acids is 1. The summed E-state index contributed by atoms with van der Waals surface area (Å²) in [6, 6.07) is 1.14. The van der Waals surface area contributed by atoms with E-state index in [1.54, 1.807) is 11.9 Å². The number of alkyl halides is 1. The van der Waals surface area contributed by atoms with Gasteiger partial charge in [0.2, 0.25) is 0 Å². The molecule has 88 valence electrons. The normalized spacial score (nSPS) is 12.2. The molecule has 0 spiro atoms. The molecular weight excluding hydrogens is 217 g/mol. The van der Waals surface area contributed by atoms with Gasteiger partial charge in [0.05, 0.1) is 11.9 Å². The van der Waals surface area contributed by atoms with Crippen LogP contribution >= 0.6 is 0 Å². The molecule has 0 aliphatic rings. The molecule has 0 radical (unpaired) electrons. The van der Waals surface area contributed by atoms with Gasteiger partial charge in [0.15, 0.2) is 0 Å². The minimum atomic E-state index is -2.45. The molecule has 0 amide bonds. The van der Waals surface area contributed by atoms with E-state index in [1.807, 2.05) is 6.92 Å². The Morgan fingerprint density at radius 1 is 1.75 bits per heavy atom. The van der Waals surface area contributed by atoms with Crippen LogP contribution in [0.3, 0.4) is 0 Å². The SMILES string of the molecule is CCN(C)c1cnn(C(F)C(=O)O)c(=O)c1. The van der Waals surface area contributed by atoms with E-state index in [2.05, 4.69) is 5.10 Å². The molecule has 1 aromatic heterocycles. The minimum absolute atomic E-state index is 0.287. The smallest absolute Gasteiger partial charge is 0.361 e. The van der Waals surface area contributed by atoms with Gasteiger partial charge in [0, 0.05) is 19.7 Å². The molecule has 7 heteroatoms. The number of hydrogen-bond acceptors (Lipinski definition) is 4. The van der Waals surface area contributed by atoms with E-state index in [0.717, 1.165) is 6.07 Å². The molecule has 0 aliphatic carbocycles. The predicted octanol–water partition coefficient (Wildman–Crippen LogP) is 0.252. The van der Waals surface area contributed by atoms with Crippen LogP contribution in [0.5, 0.6) is 0 Å². The lowest BCUT2D eigenvalue weighted by molar-refractivity contribution is -0.147. The van der Waals surface area contributed by atoms with E-state index in [-0.39, 0.29) is 4.68 Å². The Labute approximate surface area is 90.9 Å². The average Bonchev–Trinajstić information content (AvgIpc) is 2.26. The van der Waals surface area contributed by atoms with Gasteiger partial charge in [0.1, 0.15) is 0 Å². The first-order valence-corrected chi connectivity index (χ1v) is 4.64. The fourth-order valence-corrected chi connectivity index (χ4v) is 1.07. The van der Waals surface area contributed by atoms with E-state index < -0.39 is 17.8 Å². The Hall–Kier alpha value is -1.92. The second-order valence-electron chi connectivity index (χ2n) is 3.18. The van der Waals surface area contributed by atoms with Crippen molar-refractivity contribution in [3.05, 3.63) is 22.6 Å². The molecule has 0 bridgehead atoms. The maximum atomic E-state index is 13.0. The predicted molar refractivity (Wildman–Crippen MR) is 55.2 cm³/mol. The quantitative estimate of drug-likeness (QED) is 0.801. The standard InChI is InChI=1S/C9H12FN3O3/c1-3-12(2)6-4-7(14)13(11-5-6)8(10)9(15)16/h4-5,8H,3H2,1-2H3,(H,15,16). The van der Waals surface area contributed by atoms with Gasteiger partial charge < -0.3 is 10.0 Å². The number of halogens is 1. The number of anilines is 1. The van der Waals surface area contributed by atoms with Crippen molar-refractivity contribution in [2.75, 3.05) is 18.5 Å². The Morgan fingerprint density at radius 2 is 2.38 bits per heavy atom. The zero-order valence-corrected chi connectivity index (χ0v) is 8.92. The molecule has 1 atom stereocenters. The average molecular weight is 229 g/mol. The second-order valence-corrected chi connectivity index (χ2v) is 3.18. The molecule has 1 unspecified atom stereocenters. The third-order valence-electron chi connectivity index (χ3n) is 2.15. The van der Waals surface area contributed by atoms with Crippen LogP contribution < -0.4 is 10.5 Å². The number of aromatic nitrogens is 2. The molecule has 0 aliphatic heterocycles. The van der Waals surface area contributed by atoms with Gasteiger partial charge in [-0.15, -0.1) is 0 Å². The van der Waals surface area contributed by atoms with Gasteiger partial charge in [-0.1, -0.05) is 0 Å². The third kappa shape index (κ3) is 2.36. The fraction of sp³-hybridized carbons (Fsp3) is 0.444. The van der Waals surface area contributed by atoms with Crippen LogP contribution in [0.1, 0.15) is 13.2 Å². The highest BCUT2D eigenvalue weighted by Crippen LogP contribution is 2.08. The highest BCUT2D eigenvalue weighted by molar-refractivity contribution is 5.69. The Kier molecular flexibility index (Phi) is 3.60. The number of carboxylic acids is 1. The largest absolute Gasteiger partial charge is 0.478 e. The molecular formula is C9H12FN3O3. The molecule has 6 nitrogen and oxygen atoms in total. The van der Waals surface area contributed by atoms with Crippen molar-refractivity contribution >= 4 is 11.7 Å². The summed E-state index contributed by atoms with van der Waals surface area (Å²) in [7, 11) is 1.74. The van der Waals surface area contributed by atoms with E-state index in [9.17, 15) is 14.0 Å². The molecule has 1 rings (SSSR count). The molecule has 1 heterocycles. The van der Waals surface area contributed by atoms with Crippen molar-refractivity contribution in [1.82, 2.24) is 9.78 Å². The van der Waals surface area contributed by atoms with Crippen LogP contribution in [0.25, 0.3) is 0 Å². The molecule has 1 aromatic rings. The van der Waals surface area contributed by atoms with Crippen molar-refractivity contribution in [3.63, 3.8) is 0 Å². The summed E-state index contributed by atoms with van der Waals surface area (Å²) in [6.45, 7) is 2.53. The molecule has 0 aromatic carbocycles. The van der Waals surface area contributed by atoms with Crippen molar-refractivity contribution in [2.24, 2.45) is 0 Å². The molecule has 1 N–H and O–H groups in total. The van der Waals surface area contributed by atoms with Gasteiger partial charge in [-0.3, -0.25) is 4.79 Å². The maximum absolute atomic E-state index is 13.0. The highest BCUT2D eigenvalue weighted by atomic mass is 19.1. The topological polar surface area (TPSA) is 75.4 Å². The highest BCUT2D eigenvalue weighted by Gasteiger charge is 2.20. The van der Waals surface area contributed by atoms with Crippen LogP contribution in [0.4, 0.5) is 10.1 Å². The van der Waals surface area contributed by atoms with Gasteiger partial charge in [-0.05, 0) is 6.92 Å². The first-order valence-electron chi connectivity index (χ1n) is 4.64. The van der Waals surface area contributed by atoms with Crippen molar-refractivity contribution in [3.8, 4) is 0 Å². The molecule has 0 saturated carbocycles. The van der Waals surface area contributed by atoms with Crippen molar-refractivity contribution in [1.29, 1.82) is 0 Å². The molecule has 0 saturated heterocycles. The number of hydrogen-bond donors (Lipinski definition) is 1. The van der Waals surface area contributed by atoms with Crippen LogP contribution in [-0.2, 0) is 4.79 Å². The second kappa shape index (κ2) is 4.73. The number of carboxylic acid groups (broad SMARTS) is 1. The number of nitrogens with zero attached hydrogens (tertiary/aromatic N) is 3. The summed E-state index contributed by atoms with van der Waals surface area (Å²) >= 11 is 0. The summed E-state index contributed by atoms with van der Waals surface area (Å²) in [5.41, 5.74) is -0.269. The lowest BCUT2D eigenvalue weighted by atomic mass is 10.4. The lowest BCUT2D eigenvalue weighted by Crippen LogP contribution is -2.30. The maximum Gasteiger partial charge on any atom is 0.361 e. The minimum Gasteiger partial charge on any atom is -0.478 e. The molecule has 16 heavy (non-hydrogen) atoms. The zero-order chi connectivity index (χ0) is 12.3. The van der Waals surface area contributed by atoms with Gasteiger partial charge in [-0.2, -0.15) is 9.78 Å². The van der Waals surface area contributed by atoms with Crippen LogP contribution in [0.15, 0.2) is 17.1 Å². The third-order valence-corrected chi connectivity index (χ3v) is 2.15. The summed E-state index contributed by atoms with van der Waals surface area (Å²) in [5, 5.41) is 11.9. The Bertz CT molecular complexity index is 446. The Morgan fingerprint density at radius 3 is 2.81 bits per heavy atom. The summed E-state index contributed by atoms with van der Waals surface area (Å²) in [6.07, 6.45) is -1.20. The number of carbonyl (C=O) groups is 1. The number of rotatable bonds is 4. The Balaban J connectivity index is 3.10. The van der Waals surface area contributed by atoms with E-state index >= 15 is 0 Å². The first-order chi connectivity index (χ1) is 7.47.